The van der Waals surface area contributed by atoms with Gasteiger partial charge in [-0.25, -0.2) is 0 Å². The van der Waals surface area contributed by atoms with E-state index in [1.54, 1.807) is 0 Å². The number of amides is 1. The number of hydrogen-bond donors (Lipinski definition) is 2. The Morgan fingerprint density at radius 3 is 2.47 bits per heavy atom. The molecule has 0 saturated heterocycles. The minimum atomic E-state index is -4.50. The summed E-state index contributed by atoms with van der Waals surface area (Å²) in [6, 6.07) is 2.07. The van der Waals surface area contributed by atoms with Crippen LogP contribution in [0.5, 0.6) is 0 Å². The van der Waals surface area contributed by atoms with Gasteiger partial charge < -0.3 is 10.6 Å². The molecule has 1 amide bonds. The fourth-order valence-electron chi connectivity index (χ4n) is 1.28. The van der Waals surface area contributed by atoms with Gasteiger partial charge in [0, 0.05) is 19.0 Å². The zero-order valence-corrected chi connectivity index (χ0v) is 10.6. The molecule has 0 atom stereocenters. The zero-order valence-electron chi connectivity index (χ0n) is 10.6. The predicted molar refractivity (Wildman–Crippen MR) is 63.4 cm³/mol. The van der Waals surface area contributed by atoms with Crippen LogP contribution in [0.15, 0.2) is 12.1 Å². The van der Waals surface area contributed by atoms with E-state index in [1.807, 2.05) is 13.8 Å². The molecule has 1 aromatic rings. The van der Waals surface area contributed by atoms with Gasteiger partial charge in [-0.1, -0.05) is 0 Å². The van der Waals surface area contributed by atoms with E-state index in [0.29, 0.717) is 0 Å². The average Bonchev–Trinajstić information content (AvgIpc) is 2.27. The van der Waals surface area contributed by atoms with E-state index in [4.69, 9.17) is 0 Å². The molecule has 1 heterocycles. The smallest absolute Gasteiger partial charge is 0.368 e. The van der Waals surface area contributed by atoms with E-state index >= 15 is 0 Å². The van der Waals surface area contributed by atoms with Gasteiger partial charge in [0.2, 0.25) is 5.91 Å². The molecule has 0 saturated carbocycles. The molecule has 0 aliphatic rings. The number of alkyl halides is 3. The molecule has 2 N–H and O–H groups in total. The first-order chi connectivity index (χ1) is 8.79. The second kappa shape index (κ2) is 6.35. The standard InChI is InChI=1S/C11H15F3N4O/c1-7(2)16-10(19)5-6-15-9-4-3-8(17-18-9)11(12,13)14/h3-4,7H,5-6H2,1-2H3,(H,15,18)(H,16,19). The van der Waals surface area contributed by atoms with E-state index < -0.39 is 11.9 Å². The summed E-state index contributed by atoms with van der Waals surface area (Å²) < 4.78 is 36.7. The number of carbonyl (C=O) groups is 1. The number of carbonyl (C=O) groups excluding carboxylic acids is 1. The number of rotatable bonds is 5. The maximum absolute atomic E-state index is 12.2. The summed E-state index contributed by atoms with van der Waals surface area (Å²) in [5.74, 6) is 0.0627. The van der Waals surface area contributed by atoms with Crippen molar-refractivity contribution in [2.24, 2.45) is 0 Å². The molecular formula is C11H15F3N4O. The lowest BCUT2D eigenvalue weighted by atomic mass is 10.3. The third-order valence-corrected chi connectivity index (χ3v) is 2.06. The fraction of sp³-hybridized carbons (Fsp3) is 0.545. The number of aromatic nitrogens is 2. The number of halogens is 3. The van der Waals surface area contributed by atoms with E-state index in [2.05, 4.69) is 20.8 Å². The van der Waals surface area contributed by atoms with Crippen LogP contribution in [0.2, 0.25) is 0 Å². The highest BCUT2D eigenvalue weighted by atomic mass is 19.4. The van der Waals surface area contributed by atoms with Crippen LogP contribution in [-0.4, -0.2) is 28.7 Å². The Morgan fingerprint density at radius 2 is 2.00 bits per heavy atom. The van der Waals surface area contributed by atoms with Crippen molar-refractivity contribution in [1.29, 1.82) is 0 Å². The van der Waals surface area contributed by atoms with Gasteiger partial charge in [0.15, 0.2) is 5.69 Å². The van der Waals surface area contributed by atoms with Gasteiger partial charge in [-0.15, -0.1) is 10.2 Å². The zero-order chi connectivity index (χ0) is 14.5. The van der Waals surface area contributed by atoms with E-state index in [-0.39, 0.29) is 30.7 Å². The number of anilines is 1. The third kappa shape index (κ3) is 5.54. The van der Waals surface area contributed by atoms with E-state index in [9.17, 15) is 18.0 Å². The Bertz CT molecular complexity index is 417. The molecule has 0 spiro atoms. The highest BCUT2D eigenvalue weighted by Gasteiger charge is 2.32. The van der Waals surface area contributed by atoms with Crippen molar-refractivity contribution in [2.45, 2.75) is 32.5 Å². The average molecular weight is 276 g/mol. The Labute approximate surface area is 108 Å². The molecule has 0 bridgehead atoms. The van der Waals surface area contributed by atoms with Gasteiger partial charge in [-0.2, -0.15) is 13.2 Å². The maximum Gasteiger partial charge on any atom is 0.435 e. The lowest BCUT2D eigenvalue weighted by Gasteiger charge is -2.09. The van der Waals surface area contributed by atoms with Gasteiger partial charge in [-0.05, 0) is 26.0 Å². The maximum atomic E-state index is 12.2. The molecule has 0 aliphatic heterocycles. The van der Waals surface area contributed by atoms with E-state index in [1.165, 1.54) is 6.07 Å². The minimum absolute atomic E-state index is 0.0540. The van der Waals surface area contributed by atoms with Crippen LogP contribution >= 0.6 is 0 Å². The Kier molecular flexibility index (Phi) is 5.08. The fourth-order valence-corrected chi connectivity index (χ4v) is 1.28. The van der Waals surface area contributed by atoms with Gasteiger partial charge in [0.1, 0.15) is 5.82 Å². The van der Waals surface area contributed by atoms with Crippen LogP contribution in [0, 0.1) is 0 Å². The van der Waals surface area contributed by atoms with Crippen molar-refractivity contribution in [1.82, 2.24) is 15.5 Å². The molecule has 0 aliphatic carbocycles. The second-order valence-corrected chi connectivity index (χ2v) is 4.20. The number of nitrogens with one attached hydrogen (secondary N) is 2. The summed E-state index contributed by atoms with van der Waals surface area (Å²) in [4.78, 5) is 11.3. The normalized spacial score (nSPS) is 11.5. The van der Waals surface area contributed by atoms with Crippen molar-refractivity contribution < 1.29 is 18.0 Å². The highest BCUT2D eigenvalue weighted by molar-refractivity contribution is 5.76. The summed E-state index contributed by atoms with van der Waals surface area (Å²) in [6.45, 7) is 3.96. The topological polar surface area (TPSA) is 66.9 Å². The van der Waals surface area contributed by atoms with Crippen molar-refractivity contribution >= 4 is 11.7 Å². The van der Waals surface area contributed by atoms with Gasteiger partial charge in [0.05, 0.1) is 0 Å². The van der Waals surface area contributed by atoms with Crippen molar-refractivity contribution in [2.75, 3.05) is 11.9 Å². The summed E-state index contributed by atoms with van der Waals surface area (Å²) in [6.07, 6.45) is -4.29. The summed E-state index contributed by atoms with van der Waals surface area (Å²) in [5.41, 5.74) is -1.05. The summed E-state index contributed by atoms with van der Waals surface area (Å²) in [7, 11) is 0. The Balaban J connectivity index is 2.40. The van der Waals surface area contributed by atoms with Crippen LogP contribution in [-0.2, 0) is 11.0 Å². The second-order valence-electron chi connectivity index (χ2n) is 4.20. The van der Waals surface area contributed by atoms with Gasteiger partial charge >= 0.3 is 6.18 Å². The van der Waals surface area contributed by atoms with Crippen LogP contribution in [0.1, 0.15) is 26.0 Å². The first-order valence-electron chi connectivity index (χ1n) is 5.73. The van der Waals surface area contributed by atoms with Crippen molar-refractivity contribution in [3.63, 3.8) is 0 Å². The van der Waals surface area contributed by atoms with Gasteiger partial charge in [-0.3, -0.25) is 4.79 Å². The Hall–Kier alpha value is -1.86. The van der Waals surface area contributed by atoms with Gasteiger partial charge in [0.25, 0.3) is 0 Å². The molecule has 0 unspecified atom stereocenters. The first-order valence-corrected chi connectivity index (χ1v) is 5.73. The van der Waals surface area contributed by atoms with Crippen LogP contribution in [0.4, 0.5) is 19.0 Å². The van der Waals surface area contributed by atoms with Crippen LogP contribution in [0.3, 0.4) is 0 Å². The predicted octanol–water partition coefficient (Wildman–Crippen LogP) is 1.82. The van der Waals surface area contributed by atoms with Crippen LogP contribution < -0.4 is 10.6 Å². The SMILES string of the molecule is CC(C)NC(=O)CCNc1ccc(C(F)(F)F)nn1. The first kappa shape index (κ1) is 15.2. The molecule has 0 radical (unpaired) electrons. The quantitative estimate of drug-likeness (QED) is 0.861. The van der Waals surface area contributed by atoms with E-state index in [0.717, 1.165) is 6.07 Å². The van der Waals surface area contributed by atoms with Crippen molar-refractivity contribution in [3.05, 3.63) is 17.8 Å². The third-order valence-electron chi connectivity index (χ3n) is 2.06. The summed E-state index contributed by atoms with van der Waals surface area (Å²) in [5, 5.41) is 11.9. The summed E-state index contributed by atoms with van der Waals surface area (Å²) >= 11 is 0. The molecule has 8 heteroatoms. The number of nitrogens with zero attached hydrogens (tertiary/aromatic N) is 2. The largest absolute Gasteiger partial charge is 0.435 e. The molecule has 1 aromatic heterocycles. The van der Waals surface area contributed by atoms with Crippen LogP contribution in [0.25, 0.3) is 0 Å². The molecule has 1 rings (SSSR count). The highest BCUT2D eigenvalue weighted by Crippen LogP contribution is 2.26. The molecule has 19 heavy (non-hydrogen) atoms. The molecule has 5 nitrogen and oxygen atoms in total. The molecular weight excluding hydrogens is 261 g/mol. The minimum Gasteiger partial charge on any atom is -0.368 e. The number of hydrogen-bond acceptors (Lipinski definition) is 4. The molecule has 106 valence electrons. The lowest BCUT2D eigenvalue weighted by molar-refractivity contribution is -0.141. The Morgan fingerprint density at radius 1 is 1.32 bits per heavy atom. The monoisotopic (exact) mass is 276 g/mol. The lowest BCUT2D eigenvalue weighted by Crippen LogP contribution is -2.31. The van der Waals surface area contributed by atoms with Crippen molar-refractivity contribution in [3.8, 4) is 0 Å². The molecule has 0 aromatic carbocycles. The molecule has 0 fully saturated rings.